The molecule has 0 radical (unpaired) electrons. The Hall–Kier alpha value is -2.56. The van der Waals surface area contributed by atoms with E-state index in [9.17, 15) is 9.59 Å². The van der Waals surface area contributed by atoms with Gasteiger partial charge in [0.05, 0.1) is 0 Å². The Bertz CT molecular complexity index is 761. The Morgan fingerprint density at radius 1 is 1.00 bits per heavy atom. The minimum absolute atomic E-state index is 0.0156. The average Bonchev–Trinajstić information content (AvgIpc) is 3.32. The van der Waals surface area contributed by atoms with E-state index in [1.165, 1.54) is 11.1 Å². The first-order valence-electron chi connectivity index (χ1n) is 9.00. The molecule has 1 atom stereocenters. The summed E-state index contributed by atoms with van der Waals surface area (Å²) in [6, 6.07) is 12.1. The highest BCUT2D eigenvalue weighted by atomic mass is 16.2. The van der Waals surface area contributed by atoms with Crippen molar-refractivity contribution >= 4 is 11.8 Å². The molecule has 1 aliphatic carbocycles. The van der Waals surface area contributed by atoms with Gasteiger partial charge in [-0.1, -0.05) is 24.3 Å². The molecule has 1 fully saturated rings. The minimum atomic E-state index is 0.0156. The second kappa shape index (κ2) is 6.75. The van der Waals surface area contributed by atoms with Crippen molar-refractivity contribution in [2.24, 2.45) is 0 Å². The van der Waals surface area contributed by atoms with Crippen LogP contribution in [0.2, 0.25) is 0 Å². The topological polar surface area (TPSA) is 56.4 Å². The number of hydrogen-bond acceptors (Lipinski definition) is 2. The summed E-state index contributed by atoms with van der Waals surface area (Å²) in [5, 5.41) is 0. The molecule has 1 unspecified atom stereocenters. The Morgan fingerprint density at radius 3 is 2.52 bits per heavy atom. The van der Waals surface area contributed by atoms with Crippen LogP contribution in [0.15, 0.2) is 42.6 Å². The molecule has 4 rings (SSSR count). The zero-order valence-corrected chi connectivity index (χ0v) is 14.3. The van der Waals surface area contributed by atoms with Gasteiger partial charge in [0.2, 0.25) is 5.91 Å². The van der Waals surface area contributed by atoms with Crippen LogP contribution in [0.4, 0.5) is 0 Å². The van der Waals surface area contributed by atoms with E-state index < -0.39 is 0 Å². The van der Waals surface area contributed by atoms with Gasteiger partial charge >= 0.3 is 0 Å². The number of rotatable bonds is 3. The summed E-state index contributed by atoms with van der Waals surface area (Å²) in [5.74, 6) is 0.581. The molecule has 1 aliphatic heterocycles. The summed E-state index contributed by atoms with van der Waals surface area (Å²) in [7, 11) is 0. The zero-order valence-electron chi connectivity index (χ0n) is 14.3. The van der Waals surface area contributed by atoms with E-state index in [4.69, 9.17) is 0 Å². The monoisotopic (exact) mass is 337 g/mol. The van der Waals surface area contributed by atoms with Gasteiger partial charge in [0.25, 0.3) is 5.91 Å². The summed E-state index contributed by atoms with van der Waals surface area (Å²) >= 11 is 0. The van der Waals surface area contributed by atoms with Gasteiger partial charge in [-0.2, -0.15) is 0 Å². The maximum Gasteiger partial charge on any atom is 0.270 e. The van der Waals surface area contributed by atoms with Gasteiger partial charge in [-0.3, -0.25) is 9.59 Å². The van der Waals surface area contributed by atoms with E-state index in [1.807, 2.05) is 15.9 Å². The Morgan fingerprint density at radius 2 is 1.76 bits per heavy atom. The molecule has 25 heavy (non-hydrogen) atoms. The summed E-state index contributed by atoms with van der Waals surface area (Å²) < 4.78 is 0. The van der Waals surface area contributed by atoms with Crippen LogP contribution in [0.5, 0.6) is 0 Å². The van der Waals surface area contributed by atoms with E-state index in [0.717, 1.165) is 12.8 Å². The standard InChI is InChI=1S/C20H23N3O2/c24-19(14-16-8-7-15-4-1-2-5-17(15)16)22-10-12-23(13-11-22)20(25)18-6-3-9-21-18/h1-6,9,16,21H,7-8,10-14H2. The van der Waals surface area contributed by atoms with Crippen molar-refractivity contribution < 1.29 is 9.59 Å². The van der Waals surface area contributed by atoms with Crippen molar-refractivity contribution in [2.75, 3.05) is 26.2 Å². The molecule has 2 heterocycles. The van der Waals surface area contributed by atoms with E-state index in [1.54, 1.807) is 12.3 Å². The molecular weight excluding hydrogens is 314 g/mol. The summed E-state index contributed by atoms with van der Waals surface area (Å²) in [5.41, 5.74) is 3.35. The van der Waals surface area contributed by atoms with E-state index >= 15 is 0 Å². The lowest BCUT2D eigenvalue weighted by Crippen LogP contribution is -2.50. The Labute approximate surface area is 147 Å². The highest BCUT2D eigenvalue weighted by molar-refractivity contribution is 5.92. The van der Waals surface area contributed by atoms with Gasteiger partial charge in [-0.15, -0.1) is 0 Å². The SMILES string of the molecule is O=C(CC1CCc2ccccc21)N1CCN(C(=O)c2ccc[nH]2)CC1. The van der Waals surface area contributed by atoms with Crippen LogP contribution in [0.25, 0.3) is 0 Å². The molecule has 0 bridgehead atoms. The number of aromatic nitrogens is 1. The third-order valence-electron chi connectivity index (χ3n) is 5.43. The number of nitrogens with one attached hydrogen (secondary N) is 1. The molecule has 5 nitrogen and oxygen atoms in total. The molecule has 1 aromatic heterocycles. The van der Waals surface area contributed by atoms with Crippen LogP contribution in [0, 0.1) is 0 Å². The second-order valence-corrected chi connectivity index (χ2v) is 6.90. The van der Waals surface area contributed by atoms with Crippen LogP contribution in [-0.4, -0.2) is 52.8 Å². The van der Waals surface area contributed by atoms with Gasteiger partial charge in [0, 0.05) is 38.8 Å². The van der Waals surface area contributed by atoms with Gasteiger partial charge in [-0.25, -0.2) is 0 Å². The van der Waals surface area contributed by atoms with Gasteiger partial charge in [0.1, 0.15) is 5.69 Å². The Kier molecular flexibility index (Phi) is 4.30. The third-order valence-corrected chi connectivity index (χ3v) is 5.43. The smallest absolute Gasteiger partial charge is 0.270 e. The number of amides is 2. The molecule has 1 N–H and O–H groups in total. The van der Waals surface area contributed by atoms with Crippen molar-refractivity contribution in [1.82, 2.24) is 14.8 Å². The predicted octanol–water partition coefficient (Wildman–Crippen LogP) is 2.42. The Balaban J connectivity index is 1.32. The molecule has 130 valence electrons. The van der Waals surface area contributed by atoms with Crippen molar-refractivity contribution in [3.8, 4) is 0 Å². The number of fused-ring (bicyclic) bond motifs is 1. The minimum Gasteiger partial charge on any atom is -0.357 e. The molecule has 1 saturated heterocycles. The van der Waals surface area contributed by atoms with Gasteiger partial charge in [-0.05, 0) is 42.0 Å². The molecule has 0 spiro atoms. The number of hydrogen-bond donors (Lipinski definition) is 1. The van der Waals surface area contributed by atoms with Crippen molar-refractivity contribution in [2.45, 2.75) is 25.2 Å². The maximum absolute atomic E-state index is 12.7. The number of nitrogens with zero attached hydrogens (tertiary/aromatic N) is 2. The van der Waals surface area contributed by atoms with E-state index in [2.05, 4.69) is 29.2 Å². The largest absolute Gasteiger partial charge is 0.357 e. The summed E-state index contributed by atoms with van der Waals surface area (Å²) in [6.45, 7) is 2.45. The lowest BCUT2D eigenvalue weighted by Gasteiger charge is -2.35. The number of aromatic amines is 1. The molecule has 0 saturated carbocycles. The van der Waals surface area contributed by atoms with Crippen LogP contribution < -0.4 is 0 Å². The fraction of sp³-hybridized carbons (Fsp3) is 0.400. The summed E-state index contributed by atoms with van der Waals surface area (Å²) in [4.78, 5) is 31.7. The van der Waals surface area contributed by atoms with Crippen LogP contribution in [-0.2, 0) is 11.2 Å². The fourth-order valence-corrected chi connectivity index (χ4v) is 3.99. The lowest BCUT2D eigenvalue weighted by molar-refractivity contribution is -0.133. The number of benzene rings is 1. The van der Waals surface area contributed by atoms with E-state index in [-0.39, 0.29) is 11.8 Å². The van der Waals surface area contributed by atoms with Crippen LogP contribution in [0.1, 0.15) is 40.4 Å². The van der Waals surface area contributed by atoms with Crippen molar-refractivity contribution in [1.29, 1.82) is 0 Å². The molecule has 1 aromatic carbocycles. The van der Waals surface area contributed by atoms with Crippen LogP contribution >= 0.6 is 0 Å². The maximum atomic E-state index is 12.7. The van der Waals surface area contributed by atoms with Crippen LogP contribution in [0.3, 0.4) is 0 Å². The number of piperazine rings is 1. The summed E-state index contributed by atoms with van der Waals surface area (Å²) in [6.07, 6.45) is 4.48. The van der Waals surface area contributed by atoms with Gasteiger partial charge in [0.15, 0.2) is 0 Å². The molecule has 5 heteroatoms. The fourth-order valence-electron chi connectivity index (χ4n) is 3.99. The zero-order chi connectivity index (χ0) is 17.2. The van der Waals surface area contributed by atoms with E-state index in [0.29, 0.717) is 44.2 Å². The third kappa shape index (κ3) is 3.18. The molecular formula is C20H23N3O2. The highest BCUT2D eigenvalue weighted by Gasteiger charge is 2.29. The number of carbonyl (C=O) groups excluding carboxylic acids is 2. The molecule has 2 aliphatic rings. The van der Waals surface area contributed by atoms with Gasteiger partial charge < -0.3 is 14.8 Å². The first kappa shape index (κ1) is 15.9. The molecule has 2 aromatic rings. The predicted molar refractivity (Wildman–Crippen MR) is 95.4 cm³/mol. The number of H-pyrrole nitrogens is 1. The normalized spacial score (nSPS) is 19.8. The molecule has 2 amide bonds. The number of carbonyl (C=O) groups is 2. The average molecular weight is 337 g/mol. The highest BCUT2D eigenvalue weighted by Crippen LogP contribution is 2.35. The second-order valence-electron chi connectivity index (χ2n) is 6.90. The van der Waals surface area contributed by atoms with Crippen molar-refractivity contribution in [3.63, 3.8) is 0 Å². The first-order chi connectivity index (χ1) is 12.2. The van der Waals surface area contributed by atoms with Crippen molar-refractivity contribution in [3.05, 3.63) is 59.4 Å². The quantitative estimate of drug-likeness (QED) is 0.935. The number of aryl methyl sites for hydroxylation is 1. The first-order valence-corrected chi connectivity index (χ1v) is 9.00. The lowest BCUT2D eigenvalue weighted by atomic mass is 9.97.